The van der Waals surface area contributed by atoms with Crippen molar-refractivity contribution in [2.24, 2.45) is 0 Å². The highest BCUT2D eigenvalue weighted by molar-refractivity contribution is 9.10. The molecule has 96 valence electrons. The molecule has 0 spiro atoms. The van der Waals surface area contributed by atoms with Crippen LogP contribution in [0, 0.1) is 23.0 Å². The molecule has 0 amide bonds. The molecule has 2 aromatic carbocycles. The van der Waals surface area contributed by atoms with E-state index < -0.39 is 11.6 Å². The first-order valence-corrected chi connectivity index (χ1v) is 6.27. The van der Waals surface area contributed by atoms with Crippen LogP contribution in [0.1, 0.15) is 11.1 Å². The summed E-state index contributed by atoms with van der Waals surface area (Å²) in [6.45, 7) is 0.0189. The van der Waals surface area contributed by atoms with E-state index in [1.54, 1.807) is 18.2 Å². The van der Waals surface area contributed by atoms with Crippen molar-refractivity contribution in [3.8, 4) is 6.07 Å². The predicted molar refractivity (Wildman–Crippen MR) is 72.5 cm³/mol. The molecule has 0 aliphatic carbocycles. The molecule has 2 nitrogen and oxygen atoms in total. The predicted octanol–water partition coefficient (Wildman–Crippen LogP) is 4.21. The van der Waals surface area contributed by atoms with Gasteiger partial charge in [0.25, 0.3) is 0 Å². The molecule has 0 unspecified atom stereocenters. The van der Waals surface area contributed by atoms with Gasteiger partial charge in [0.1, 0.15) is 11.6 Å². The second kappa shape index (κ2) is 5.81. The van der Waals surface area contributed by atoms with Gasteiger partial charge in [-0.1, -0.05) is 15.9 Å². The van der Waals surface area contributed by atoms with Crippen molar-refractivity contribution in [2.45, 2.75) is 6.54 Å². The van der Waals surface area contributed by atoms with Gasteiger partial charge in [0.15, 0.2) is 0 Å². The fourth-order valence-electron chi connectivity index (χ4n) is 1.59. The standard InChI is InChI=1S/C14H9BrF2N2/c15-10-1-3-11(4-2-10)19-8-12-13(16)5-9(7-18)6-14(12)17/h1-6,19H,8H2. The van der Waals surface area contributed by atoms with Crippen LogP contribution in [0.4, 0.5) is 14.5 Å². The minimum Gasteiger partial charge on any atom is -0.381 e. The van der Waals surface area contributed by atoms with Crippen molar-refractivity contribution >= 4 is 21.6 Å². The lowest BCUT2D eigenvalue weighted by atomic mass is 10.1. The number of nitrogens with zero attached hydrogens (tertiary/aromatic N) is 1. The van der Waals surface area contributed by atoms with Gasteiger partial charge in [0.05, 0.1) is 11.6 Å². The average molecular weight is 323 g/mol. The maximum atomic E-state index is 13.6. The largest absolute Gasteiger partial charge is 0.381 e. The molecule has 2 aromatic rings. The van der Waals surface area contributed by atoms with E-state index in [4.69, 9.17) is 5.26 Å². The topological polar surface area (TPSA) is 35.8 Å². The monoisotopic (exact) mass is 322 g/mol. The lowest BCUT2D eigenvalue weighted by molar-refractivity contribution is 0.559. The van der Waals surface area contributed by atoms with Crippen molar-refractivity contribution in [1.29, 1.82) is 5.26 Å². The fraction of sp³-hybridized carbons (Fsp3) is 0.0714. The number of nitriles is 1. The number of hydrogen-bond acceptors (Lipinski definition) is 2. The van der Waals surface area contributed by atoms with Crippen molar-refractivity contribution < 1.29 is 8.78 Å². The molecular formula is C14H9BrF2N2. The molecule has 0 saturated carbocycles. The third-order valence-electron chi connectivity index (χ3n) is 2.58. The fourth-order valence-corrected chi connectivity index (χ4v) is 1.86. The third-order valence-corrected chi connectivity index (χ3v) is 3.11. The van der Waals surface area contributed by atoms with E-state index in [-0.39, 0.29) is 17.7 Å². The summed E-state index contributed by atoms with van der Waals surface area (Å²) in [6, 6.07) is 11.0. The van der Waals surface area contributed by atoms with Crippen LogP contribution in [0.3, 0.4) is 0 Å². The molecule has 1 N–H and O–H groups in total. The summed E-state index contributed by atoms with van der Waals surface area (Å²) in [5.74, 6) is -1.44. The first-order chi connectivity index (χ1) is 9.10. The Morgan fingerprint density at radius 1 is 1.11 bits per heavy atom. The summed E-state index contributed by atoms with van der Waals surface area (Å²) >= 11 is 3.30. The van der Waals surface area contributed by atoms with Crippen molar-refractivity contribution in [2.75, 3.05) is 5.32 Å². The molecule has 0 aliphatic heterocycles. The van der Waals surface area contributed by atoms with Crippen LogP contribution >= 0.6 is 15.9 Å². The van der Waals surface area contributed by atoms with Crippen molar-refractivity contribution in [1.82, 2.24) is 0 Å². The number of halogens is 3. The highest BCUT2D eigenvalue weighted by Crippen LogP contribution is 2.18. The zero-order valence-electron chi connectivity index (χ0n) is 9.75. The van der Waals surface area contributed by atoms with Gasteiger partial charge in [-0.3, -0.25) is 0 Å². The molecule has 19 heavy (non-hydrogen) atoms. The molecule has 0 atom stereocenters. The Bertz CT molecular complexity index is 610. The zero-order chi connectivity index (χ0) is 13.8. The SMILES string of the molecule is N#Cc1cc(F)c(CNc2ccc(Br)cc2)c(F)c1. The maximum Gasteiger partial charge on any atom is 0.132 e. The van der Waals surface area contributed by atoms with E-state index in [1.807, 2.05) is 12.1 Å². The van der Waals surface area contributed by atoms with Crippen LogP contribution in [0.2, 0.25) is 0 Å². The number of nitrogens with one attached hydrogen (secondary N) is 1. The maximum absolute atomic E-state index is 13.6. The first kappa shape index (κ1) is 13.5. The molecule has 0 aromatic heterocycles. The minimum absolute atomic E-state index is 0.0189. The van der Waals surface area contributed by atoms with Gasteiger partial charge >= 0.3 is 0 Å². The van der Waals surface area contributed by atoms with Crippen LogP contribution < -0.4 is 5.32 Å². The summed E-state index contributed by atoms with van der Waals surface area (Å²) in [6.07, 6.45) is 0. The summed E-state index contributed by atoms with van der Waals surface area (Å²) in [7, 11) is 0. The van der Waals surface area contributed by atoms with E-state index in [0.29, 0.717) is 0 Å². The molecule has 0 aliphatic rings. The Morgan fingerprint density at radius 2 is 1.68 bits per heavy atom. The minimum atomic E-state index is -0.721. The van der Waals surface area contributed by atoms with Gasteiger partial charge in [-0.05, 0) is 36.4 Å². The van der Waals surface area contributed by atoms with E-state index in [9.17, 15) is 8.78 Å². The zero-order valence-corrected chi connectivity index (χ0v) is 11.3. The van der Waals surface area contributed by atoms with E-state index in [1.165, 1.54) is 0 Å². The first-order valence-electron chi connectivity index (χ1n) is 5.47. The highest BCUT2D eigenvalue weighted by atomic mass is 79.9. The van der Waals surface area contributed by atoms with Gasteiger partial charge in [0.2, 0.25) is 0 Å². The molecule has 0 bridgehead atoms. The molecule has 0 saturated heterocycles. The second-order valence-corrected chi connectivity index (χ2v) is 4.81. The van der Waals surface area contributed by atoms with E-state index in [0.717, 1.165) is 22.3 Å². The van der Waals surface area contributed by atoms with Crippen LogP contribution in [0.5, 0.6) is 0 Å². The van der Waals surface area contributed by atoms with Crippen molar-refractivity contribution in [3.05, 3.63) is 63.6 Å². The molecule has 0 heterocycles. The Balaban J connectivity index is 2.16. The Labute approximate surface area is 117 Å². The number of hydrogen-bond donors (Lipinski definition) is 1. The van der Waals surface area contributed by atoms with Crippen molar-refractivity contribution in [3.63, 3.8) is 0 Å². The molecule has 0 radical (unpaired) electrons. The van der Waals surface area contributed by atoms with Gasteiger partial charge < -0.3 is 5.32 Å². The van der Waals surface area contributed by atoms with Gasteiger partial charge in [0, 0.05) is 22.3 Å². The van der Waals surface area contributed by atoms with Crippen LogP contribution in [0.25, 0.3) is 0 Å². The number of benzene rings is 2. The summed E-state index contributed by atoms with van der Waals surface area (Å²) < 4.78 is 28.2. The van der Waals surface area contributed by atoms with E-state index in [2.05, 4.69) is 21.2 Å². The normalized spacial score (nSPS) is 10.0. The summed E-state index contributed by atoms with van der Waals surface area (Å²) in [5.41, 5.74) is 0.649. The Morgan fingerprint density at radius 3 is 2.21 bits per heavy atom. The lowest BCUT2D eigenvalue weighted by Gasteiger charge is -2.09. The lowest BCUT2D eigenvalue weighted by Crippen LogP contribution is -2.05. The highest BCUT2D eigenvalue weighted by Gasteiger charge is 2.10. The Kier molecular flexibility index (Phi) is 4.13. The number of rotatable bonds is 3. The second-order valence-electron chi connectivity index (χ2n) is 3.89. The molecule has 0 fully saturated rings. The van der Waals surface area contributed by atoms with Gasteiger partial charge in [-0.2, -0.15) is 5.26 Å². The third kappa shape index (κ3) is 3.30. The molecule has 5 heteroatoms. The van der Waals surface area contributed by atoms with E-state index >= 15 is 0 Å². The quantitative estimate of drug-likeness (QED) is 0.918. The van der Waals surface area contributed by atoms with Gasteiger partial charge in [-0.15, -0.1) is 0 Å². The van der Waals surface area contributed by atoms with Gasteiger partial charge in [-0.25, -0.2) is 8.78 Å². The molecule has 2 rings (SSSR count). The summed E-state index contributed by atoms with van der Waals surface area (Å²) in [5, 5.41) is 11.5. The molecular weight excluding hydrogens is 314 g/mol. The Hall–Kier alpha value is -1.93. The van der Waals surface area contributed by atoms with Crippen LogP contribution in [-0.2, 0) is 6.54 Å². The smallest absolute Gasteiger partial charge is 0.132 e. The average Bonchev–Trinajstić information content (AvgIpc) is 2.39. The van der Waals surface area contributed by atoms with Crippen LogP contribution in [-0.4, -0.2) is 0 Å². The summed E-state index contributed by atoms with van der Waals surface area (Å²) in [4.78, 5) is 0. The van der Waals surface area contributed by atoms with Crippen LogP contribution in [0.15, 0.2) is 40.9 Å². The number of anilines is 1.